The van der Waals surface area contributed by atoms with Gasteiger partial charge in [0, 0.05) is 4.32 Å². The predicted octanol–water partition coefficient (Wildman–Crippen LogP) is 1.97. The zero-order valence-corrected chi connectivity index (χ0v) is 11.2. The highest BCUT2D eigenvalue weighted by Crippen LogP contribution is 2.46. The van der Waals surface area contributed by atoms with Gasteiger partial charge in [0.15, 0.2) is 0 Å². The third kappa shape index (κ3) is 2.53. The van der Waals surface area contributed by atoms with Crippen LogP contribution in [0.15, 0.2) is 0 Å². The molecule has 1 fully saturated rings. The molecule has 1 aliphatic carbocycles. The normalized spacial score (nSPS) is 36.7. The SMILES string of the molecule is COC(=O)[C@@H]1[C@@H](C)[C@H](O)C[C@H]1C(C)(C)Br. The van der Waals surface area contributed by atoms with E-state index in [1.54, 1.807) is 0 Å². The number of esters is 1. The summed E-state index contributed by atoms with van der Waals surface area (Å²) in [4.78, 5) is 11.7. The molecule has 0 bridgehead atoms. The van der Waals surface area contributed by atoms with Crippen LogP contribution in [-0.2, 0) is 9.53 Å². The van der Waals surface area contributed by atoms with Crippen LogP contribution in [0.1, 0.15) is 27.2 Å². The molecule has 1 saturated carbocycles. The van der Waals surface area contributed by atoms with Gasteiger partial charge in [-0.15, -0.1) is 0 Å². The van der Waals surface area contributed by atoms with E-state index in [-0.39, 0.29) is 28.0 Å². The van der Waals surface area contributed by atoms with Crippen molar-refractivity contribution >= 4 is 21.9 Å². The number of ether oxygens (including phenoxy) is 1. The Morgan fingerprint density at radius 1 is 1.53 bits per heavy atom. The maximum Gasteiger partial charge on any atom is 0.309 e. The van der Waals surface area contributed by atoms with Gasteiger partial charge in [-0.25, -0.2) is 0 Å². The van der Waals surface area contributed by atoms with E-state index in [1.807, 2.05) is 20.8 Å². The Labute approximate surface area is 99.3 Å². The third-order valence-corrected chi connectivity index (χ3v) is 4.05. The number of alkyl halides is 1. The van der Waals surface area contributed by atoms with Crippen LogP contribution < -0.4 is 0 Å². The van der Waals surface area contributed by atoms with E-state index in [2.05, 4.69) is 15.9 Å². The van der Waals surface area contributed by atoms with Crippen molar-refractivity contribution in [3.05, 3.63) is 0 Å². The van der Waals surface area contributed by atoms with Gasteiger partial charge in [0.25, 0.3) is 0 Å². The molecule has 0 aliphatic heterocycles. The van der Waals surface area contributed by atoms with Crippen molar-refractivity contribution in [1.82, 2.24) is 0 Å². The molecule has 0 heterocycles. The number of hydrogen-bond donors (Lipinski definition) is 1. The van der Waals surface area contributed by atoms with Crippen molar-refractivity contribution in [2.24, 2.45) is 17.8 Å². The van der Waals surface area contributed by atoms with Crippen LogP contribution in [0.3, 0.4) is 0 Å². The Balaban J connectivity index is 2.92. The van der Waals surface area contributed by atoms with Crippen molar-refractivity contribution in [3.63, 3.8) is 0 Å². The summed E-state index contributed by atoms with van der Waals surface area (Å²) < 4.78 is 4.65. The van der Waals surface area contributed by atoms with E-state index < -0.39 is 6.10 Å². The summed E-state index contributed by atoms with van der Waals surface area (Å²) in [5, 5.41) is 9.82. The molecule has 0 aromatic carbocycles. The molecule has 0 saturated heterocycles. The van der Waals surface area contributed by atoms with E-state index in [1.165, 1.54) is 7.11 Å². The van der Waals surface area contributed by atoms with Gasteiger partial charge in [-0.3, -0.25) is 4.79 Å². The van der Waals surface area contributed by atoms with E-state index in [4.69, 9.17) is 4.74 Å². The number of halogens is 1. The summed E-state index contributed by atoms with van der Waals surface area (Å²) >= 11 is 3.58. The van der Waals surface area contributed by atoms with Crippen molar-refractivity contribution in [3.8, 4) is 0 Å². The van der Waals surface area contributed by atoms with Crippen molar-refractivity contribution in [1.29, 1.82) is 0 Å². The van der Waals surface area contributed by atoms with E-state index in [9.17, 15) is 9.90 Å². The standard InChI is InChI=1S/C11H19BrO3/c1-6-8(13)5-7(11(2,3)12)9(6)10(14)15-4/h6-9,13H,5H2,1-4H3/t6-,7+,8+,9+/m0/s1. The van der Waals surface area contributed by atoms with Crippen LogP contribution in [0, 0.1) is 17.8 Å². The lowest BCUT2D eigenvalue weighted by molar-refractivity contribution is -0.148. The zero-order chi connectivity index (χ0) is 11.8. The minimum Gasteiger partial charge on any atom is -0.469 e. The number of carbonyl (C=O) groups excluding carboxylic acids is 1. The van der Waals surface area contributed by atoms with Gasteiger partial charge in [-0.2, -0.15) is 0 Å². The second kappa shape index (κ2) is 4.42. The molecule has 0 amide bonds. The van der Waals surface area contributed by atoms with Crippen molar-refractivity contribution in [2.45, 2.75) is 37.6 Å². The quantitative estimate of drug-likeness (QED) is 0.621. The maximum absolute atomic E-state index is 11.7. The molecular weight excluding hydrogens is 260 g/mol. The van der Waals surface area contributed by atoms with Crippen LogP contribution in [0.25, 0.3) is 0 Å². The fraction of sp³-hybridized carbons (Fsp3) is 0.909. The number of methoxy groups -OCH3 is 1. The van der Waals surface area contributed by atoms with Crippen LogP contribution >= 0.6 is 15.9 Å². The second-order valence-electron chi connectivity index (χ2n) is 4.88. The Morgan fingerprint density at radius 3 is 2.47 bits per heavy atom. The Kier molecular flexibility index (Phi) is 3.82. The predicted molar refractivity (Wildman–Crippen MR) is 61.8 cm³/mol. The molecule has 0 aromatic heterocycles. The number of aliphatic hydroxyl groups excluding tert-OH is 1. The van der Waals surface area contributed by atoms with Gasteiger partial charge < -0.3 is 9.84 Å². The summed E-state index contributed by atoms with van der Waals surface area (Å²) in [5.74, 6) is -0.329. The topological polar surface area (TPSA) is 46.5 Å². The smallest absolute Gasteiger partial charge is 0.309 e. The first kappa shape index (κ1) is 13.0. The minimum atomic E-state index is -0.407. The van der Waals surface area contributed by atoms with Crippen LogP contribution in [0.2, 0.25) is 0 Å². The van der Waals surface area contributed by atoms with Crippen molar-refractivity contribution in [2.75, 3.05) is 7.11 Å². The van der Waals surface area contributed by atoms with Crippen LogP contribution in [0.4, 0.5) is 0 Å². The molecule has 15 heavy (non-hydrogen) atoms. The lowest BCUT2D eigenvalue weighted by Crippen LogP contribution is -2.34. The first-order valence-electron chi connectivity index (χ1n) is 5.23. The van der Waals surface area contributed by atoms with Crippen LogP contribution in [0.5, 0.6) is 0 Å². The molecule has 4 atom stereocenters. The number of rotatable bonds is 2. The van der Waals surface area contributed by atoms with E-state index in [0.717, 1.165) is 0 Å². The average Bonchev–Trinajstić information content (AvgIpc) is 2.42. The van der Waals surface area contributed by atoms with Gasteiger partial charge in [0.1, 0.15) is 0 Å². The number of hydrogen-bond acceptors (Lipinski definition) is 3. The summed E-state index contributed by atoms with van der Waals surface area (Å²) in [7, 11) is 1.40. The van der Waals surface area contributed by atoms with E-state index in [0.29, 0.717) is 6.42 Å². The highest BCUT2D eigenvalue weighted by molar-refractivity contribution is 9.10. The highest BCUT2D eigenvalue weighted by atomic mass is 79.9. The molecule has 0 unspecified atom stereocenters. The fourth-order valence-electron chi connectivity index (χ4n) is 2.45. The zero-order valence-electron chi connectivity index (χ0n) is 9.66. The Hall–Kier alpha value is -0.0900. The fourth-order valence-corrected chi connectivity index (χ4v) is 2.92. The first-order valence-corrected chi connectivity index (χ1v) is 6.03. The van der Waals surface area contributed by atoms with Gasteiger partial charge >= 0.3 is 5.97 Å². The number of aliphatic hydroxyl groups is 1. The highest BCUT2D eigenvalue weighted by Gasteiger charge is 2.49. The van der Waals surface area contributed by atoms with Gasteiger partial charge in [0.05, 0.1) is 19.1 Å². The second-order valence-corrected chi connectivity index (χ2v) is 6.93. The van der Waals surface area contributed by atoms with Gasteiger partial charge in [-0.1, -0.05) is 22.9 Å². The van der Waals surface area contributed by atoms with Gasteiger partial charge in [-0.05, 0) is 32.1 Å². The average molecular weight is 279 g/mol. The lowest BCUT2D eigenvalue weighted by atomic mass is 9.83. The molecule has 1 aliphatic rings. The summed E-state index contributed by atoms with van der Waals surface area (Å²) in [6.07, 6.45) is 0.245. The Bertz CT molecular complexity index is 247. The molecule has 1 rings (SSSR count). The van der Waals surface area contributed by atoms with Crippen LogP contribution in [-0.4, -0.2) is 28.6 Å². The molecule has 0 spiro atoms. The molecule has 0 radical (unpaired) electrons. The maximum atomic E-state index is 11.7. The van der Waals surface area contributed by atoms with E-state index >= 15 is 0 Å². The molecule has 3 nitrogen and oxygen atoms in total. The lowest BCUT2D eigenvalue weighted by Gasteiger charge is -2.30. The molecule has 1 N–H and O–H groups in total. The van der Waals surface area contributed by atoms with Gasteiger partial charge in [0.2, 0.25) is 0 Å². The first-order chi connectivity index (χ1) is 6.79. The summed E-state index contributed by atoms with van der Waals surface area (Å²) in [6.45, 7) is 5.96. The summed E-state index contributed by atoms with van der Waals surface area (Å²) in [6, 6.07) is 0. The molecule has 0 aromatic rings. The minimum absolute atomic E-state index is 0.0284. The van der Waals surface area contributed by atoms with Crippen molar-refractivity contribution < 1.29 is 14.6 Å². The molecular formula is C11H19BrO3. The monoisotopic (exact) mass is 278 g/mol. The largest absolute Gasteiger partial charge is 0.469 e. The summed E-state index contributed by atoms with van der Waals surface area (Å²) in [5.41, 5.74) is 0. The number of carbonyl (C=O) groups is 1. The molecule has 4 heteroatoms. The third-order valence-electron chi connectivity index (χ3n) is 3.46. The molecule has 88 valence electrons. The Morgan fingerprint density at radius 2 is 2.07 bits per heavy atom.